The lowest BCUT2D eigenvalue weighted by Gasteiger charge is -2.11. The molecule has 0 aliphatic heterocycles. The van der Waals surface area contributed by atoms with E-state index in [9.17, 15) is 4.79 Å². The third-order valence-electron chi connectivity index (χ3n) is 2.85. The number of amides is 1. The van der Waals surface area contributed by atoms with Crippen LogP contribution in [0.5, 0.6) is 11.5 Å². The van der Waals surface area contributed by atoms with E-state index in [2.05, 4.69) is 33.9 Å². The highest BCUT2D eigenvalue weighted by Gasteiger charge is 2.12. The Bertz CT molecular complexity index is 676. The smallest absolute Gasteiger partial charge is 0.256 e. The van der Waals surface area contributed by atoms with Crippen LogP contribution in [0.25, 0.3) is 0 Å². The zero-order valence-corrected chi connectivity index (χ0v) is 14.0. The maximum atomic E-state index is 12.3. The van der Waals surface area contributed by atoms with E-state index in [4.69, 9.17) is 9.47 Å². The SMILES string of the molecule is COc1ccc(NC(=O)c2ccc(Br)cc2S)cc1OC. The first kappa shape index (κ1) is 15.7. The number of hydrogen-bond acceptors (Lipinski definition) is 4. The molecule has 2 rings (SSSR count). The van der Waals surface area contributed by atoms with Crippen LogP contribution in [-0.4, -0.2) is 20.1 Å². The van der Waals surface area contributed by atoms with E-state index >= 15 is 0 Å². The number of ether oxygens (including phenoxy) is 2. The van der Waals surface area contributed by atoms with Crippen molar-refractivity contribution in [2.45, 2.75) is 4.90 Å². The minimum absolute atomic E-state index is 0.236. The van der Waals surface area contributed by atoms with E-state index in [-0.39, 0.29) is 5.91 Å². The van der Waals surface area contributed by atoms with Crippen molar-refractivity contribution in [1.82, 2.24) is 0 Å². The molecule has 0 fully saturated rings. The molecule has 4 nitrogen and oxygen atoms in total. The number of carbonyl (C=O) groups excluding carboxylic acids is 1. The summed E-state index contributed by atoms with van der Waals surface area (Å²) in [5.41, 5.74) is 1.12. The van der Waals surface area contributed by atoms with E-state index in [0.717, 1.165) is 4.47 Å². The molecule has 1 N–H and O–H groups in total. The van der Waals surface area contributed by atoms with Crippen LogP contribution >= 0.6 is 28.6 Å². The highest BCUT2D eigenvalue weighted by Crippen LogP contribution is 2.30. The standard InChI is InChI=1S/C15H14BrNO3S/c1-19-12-6-4-10(8-13(12)20-2)17-15(18)11-5-3-9(16)7-14(11)21/h3-8,21H,1-2H3,(H,17,18). The molecule has 0 bridgehead atoms. The predicted molar refractivity (Wildman–Crippen MR) is 88.9 cm³/mol. The molecule has 2 aromatic carbocycles. The molecule has 1 amide bonds. The Kier molecular flexibility index (Phi) is 5.14. The molecule has 0 radical (unpaired) electrons. The summed E-state index contributed by atoms with van der Waals surface area (Å²) in [6, 6.07) is 10.5. The van der Waals surface area contributed by atoms with Gasteiger partial charge in [0.15, 0.2) is 11.5 Å². The van der Waals surface area contributed by atoms with Crippen molar-refractivity contribution >= 4 is 40.2 Å². The van der Waals surface area contributed by atoms with Gasteiger partial charge in [0.25, 0.3) is 5.91 Å². The summed E-state index contributed by atoms with van der Waals surface area (Å²) in [4.78, 5) is 12.9. The molecular weight excluding hydrogens is 354 g/mol. The first-order chi connectivity index (χ1) is 10.0. The van der Waals surface area contributed by atoms with Crippen LogP contribution in [-0.2, 0) is 0 Å². The molecule has 0 aromatic heterocycles. The fourth-order valence-electron chi connectivity index (χ4n) is 1.81. The largest absolute Gasteiger partial charge is 0.493 e. The van der Waals surface area contributed by atoms with Crippen molar-refractivity contribution < 1.29 is 14.3 Å². The monoisotopic (exact) mass is 367 g/mol. The molecule has 0 saturated carbocycles. The Morgan fingerprint density at radius 2 is 1.81 bits per heavy atom. The van der Waals surface area contributed by atoms with Crippen LogP contribution < -0.4 is 14.8 Å². The van der Waals surface area contributed by atoms with Gasteiger partial charge >= 0.3 is 0 Å². The van der Waals surface area contributed by atoms with Crippen LogP contribution in [0.2, 0.25) is 0 Å². The maximum Gasteiger partial charge on any atom is 0.256 e. The van der Waals surface area contributed by atoms with Gasteiger partial charge < -0.3 is 14.8 Å². The summed E-state index contributed by atoms with van der Waals surface area (Å²) in [6.07, 6.45) is 0. The molecule has 0 spiro atoms. The molecule has 0 saturated heterocycles. The Labute approximate surface area is 137 Å². The highest BCUT2D eigenvalue weighted by atomic mass is 79.9. The van der Waals surface area contributed by atoms with Gasteiger partial charge in [-0.05, 0) is 30.3 Å². The summed E-state index contributed by atoms with van der Waals surface area (Å²) in [5, 5.41) is 2.81. The number of anilines is 1. The van der Waals surface area contributed by atoms with Gasteiger partial charge in [0.2, 0.25) is 0 Å². The van der Waals surface area contributed by atoms with E-state index in [0.29, 0.717) is 27.6 Å². The zero-order chi connectivity index (χ0) is 15.4. The van der Waals surface area contributed by atoms with Gasteiger partial charge in [0.05, 0.1) is 19.8 Å². The van der Waals surface area contributed by atoms with Crippen molar-refractivity contribution in [1.29, 1.82) is 0 Å². The number of methoxy groups -OCH3 is 2. The fraction of sp³-hybridized carbons (Fsp3) is 0.133. The van der Waals surface area contributed by atoms with Gasteiger partial charge in [0, 0.05) is 21.1 Å². The summed E-state index contributed by atoms with van der Waals surface area (Å²) in [5.74, 6) is 0.922. The van der Waals surface area contributed by atoms with Gasteiger partial charge in [-0.2, -0.15) is 0 Å². The van der Waals surface area contributed by atoms with Crippen LogP contribution in [0.1, 0.15) is 10.4 Å². The second-order valence-electron chi connectivity index (χ2n) is 4.19. The van der Waals surface area contributed by atoms with E-state index < -0.39 is 0 Å². The average Bonchev–Trinajstić information content (AvgIpc) is 2.46. The highest BCUT2D eigenvalue weighted by molar-refractivity contribution is 9.10. The minimum atomic E-state index is -0.236. The topological polar surface area (TPSA) is 47.6 Å². The van der Waals surface area contributed by atoms with E-state index in [1.165, 1.54) is 0 Å². The number of rotatable bonds is 4. The second kappa shape index (κ2) is 6.87. The quantitative estimate of drug-likeness (QED) is 0.802. The molecule has 0 aliphatic rings. The first-order valence-electron chi connectivity index (χ1n) is 6.07. The third kappa shape index (κ3) is 3.71. The molecule has 2 aromatic rings. The lowest BCUT2D eigenvalue weighted by atomic mass is 10.2. The summed E-state index contributed by atoms with van der Waals surface area (Å²) in [6.45, 7) is 0. The Morgan fingerprint density at radius 3 is 2.43 bits per heavy atom. The minimum Gasteiger partial charge on any atom is -0.493 e. The number of halogens is 1. The van der Waals surface area contributed by atoms with Gasteiger partial charge in [0.1, 0.15) is 0 Å². The molecule has 0 aliphatic carbocycles. The number of nitrogens with one attached hydrogen (secondary N) is 1. The van der Waals surface area contributed by atoms with Crippen molar-refractivity contribution in [3.8, 4) is 11.5 Å². The van der Waals surface area contributed by atoms with Crippen LogP contribution in [0.15, 0.2) is 45.8 Å². The molecule has 110 valence electrons. The normalized spacial score (nSPS) is 10.1. The summed E-state index contributed by atoms with van der Waals surface area (Å²) >= 11 is 7.64. The van der Waals surface area contributed by atoms with E-state index in [1.54, 1.807) is 50.6 Å². The number of benzene rings is 2. The van der Waals surface area contributed by atoms with Gasteiger partial charge in [-0.3, -0.25) is 4.79 Å². The van der Waals surface area contributed by atoms with Crippen molar-refractivity contribution in [2.75, 3.05) is 19.5 Å². The van der Waals surface area contributed by atoms with Crippen molar-refractivity contribution in [2.24, 2.45) is 0 Å². The summed E-state index contributed by atoms with van der Waals surface area (Å²) in [7, 11) is 3.11. The van der Waals surface area contributed by atoms with Crippen LogP contribution in [0, 0.1) is 0 Å². The van der Waals surface area contributed by atoms with Crippen molar-refractivity contribution in [3.05, 3.63) is 46.4 Å². The molecule has 0 unspecified atom stereocenters. The van der Waals surface area contributed by atoms with Crippen LogP contribution in [0.4, 0.5) is 5.69 Å². The average molecular weight is 368 g/mol. The molecule has 21 heavy (non-hydrogen) atoms. The fourth-order valence-corrected chi connectivity index (χ4v) is 2.66. The molecule has 0 heterocycles. The number of carbonyl (C=O) groups is 1. The van der Waals surface area contributed by atoms with Gasteiger partial charge in [-0.15, -0.1) is 12.6 Å². The van der Waals surface area contributed by atoms with Crippen molar-refractivity contribution in [3.63, 3.8) is 0 Å². The molecule has 0 atom stereocenters. The third-order valence-corrected chi connectivity index (χ3v) is 3.71. The maximum absolute atomic E-state index is 12.3. The Morgan fingerprint density at radius 1 is 1.10 bits per heavy atom. The Hall–Kier alpha value is -1.66. The van der Waals surface area contributed by atoms with E-state index in [1.807, 2.05) is 0 Å². The zero-order valence-electron chi connectivity index (χ0n) is 11.5. The second-order valence-corrected chi connectivity index (χ2v) is 5.58. The summed E-state index contributed by atoms with van der Waals surface area (Å²) < 4.78 is 11.2. The first-order valence-corrected chi connectivity index (χ1v) is 7.31. The lowest BCUT2D eigenvalue weighted by molar-refractivity contribution is 0.102. The van der Waals surface area contributed by atoms with Gasteiger partial charge in [-0.1, -0.05) is 15.9 Å². The Balaban J connectivity index is 2.23. The van der Waals surface area contributed by atoms with Crippen LogP contribution in [0.3, 0.4) is 0 Å². The number of thiol groups is 1. The number of hydrogen-bond donors (Lipinski definition) is 2. The predicted octanol–water partition coefficient (Wildman–Crippen LogP) is 4.01. The molecular formula is C15H14BrNO3S. The lowest BCUT2D eigenvalue weighted by Crippen LogP contribution is -2.12. The molecule has 6 heteroatoms. The van der Waals surface area contributed by atoms with Gasteiger partial charge in [-0.25, -0.2) is 0 Å².